The third kappa shape index (κ3) is 3.35. The number of piperidine rings is 1. The van der Waals surface area contributed by atoms with E-state index >= 15 is 0 Å². The Balaban J connectivity index is 2.02. The number of benzene rings is 1. The van der Waals surface area contributed by atoms with Crippen molar-refractivity contribution < 1.29 is 9.18 Å². The summed E-state index contributed by atoms with van der Waals surface area (Å²) in [5.74, 6) is -0.691. The molecule has 1 aromatic rings. The maximum Gasteiger partial charge on any atom is 0.256 e. The predicted molar refractivity (Wildman–Crippen MR) is 82.7 cm³/mol. The fourth-order valence-corrected chi connectivity index (χ4v) is 3.07. The van der Waals surface area contributed by atoms with Crippen molar-refractivity contribution in [3.05, 3.63) is 29.6 Å². The second-order valence-electron chi connectivity index (χ2n) is 5.45. The van der Waals surface area contributed by atoms with Crippen molar-refractivity contribution in [1.29, 1.82) is 0 Å². The number of likely N-dealkylation sites (tertiary alicyclic amines) is 1. The molecule has 0 bridgehead atoms. The van der Waals surface area contributed by atoms with Crippen molar-refractivity contribution in [2.24, 2.45) is 0 Å². The molecule has 1 aromatic carbocycles. The van der Waals surface area contributed by atoms with E-state index in [2.05, 4.69) is 18.7 Å². The van der Waals surface area contributed by atoms with Crippen LogP contribution in [0.25, 0.3) is 0 Å². The Kier molecular flexibility index (Phi) is 5.17. The SMILES string of the molecule is CCN(CC)C1CCN(C(=O)c2cccc(F)c2N)CC1. The van der Waals surface area contributed by atoms with E-state index in [0.29, 0.717) is 19.1 Å². The Morgan fingerprint density at radius 1 is 1.33 bits per heavy atom. The van der Waals surface area contributed by atoms with Gasteiger partial charge in [-0.25, -0.2) is 4.39 Å². The molecule has 1 aliphatic rings. The maximum absolute atomic E-state index is 13.5. The second-order valence-corrected chi connectivity index (χ2v) is 5.45. The van der Waals surface area contributed by atoms with Crippen molar-refractivity contribution in [3.63, 3.8) is 0 Å². The van der Waals surface area contributed by atoms with E-state index < -0.39 is 5.82 Å². The third-order valence-electron chi connectivity index (χ3n) is 4.36. The molecule has 0 atom stereocenters. The molecule has 1 heterocycles. The summed E-state index contributed by atoms with van der Waals surface area (Å²) in [5.41, 5.74) is 5.90. The molecular formula is C16H24FN3O. The van der Waals surface area contributed by atoms with Gasteiger partial charge in [0, 0.05) is 19.1 Å². The van der Waals surface area contributed by atoms with Gasteiger partial charge in [-0.15, -0.1) is 0 Å². The standard InChI is InChI=1S/C16H24FN3O/c1-3-19(4-2)12-8-10-20(11-9-12)16(21)13-6-5-7-14(17)15(13)18/h5-7,12H,3-4,8-11,18H2,1-2H3. The zero-order chi connectivity index (χ0) is 15.4. The summed E-state index contributed by atoms with van der Waals surface area (Å²) in [5, 5.41) is 0. The summed E-state index contributed by atoms with van der Waals surface area (Å²) in [6.45, 7) is 7.80. The number of hydrogen-bond donors (Lipinski definition) is 1. The van der Waals surface area contributed by atoms with E-state index in [4.69, 9.17) is 5.73 Å². The van der Waals surface area contributed by atoms with Crippen molar-refractivity contribution in [3.8, 4) is 0 Å². The molecule has 0 aliphatic carbocycles. The molecule has 1 fully saturated rings. The normalized spacial score (nSPS) is 16.5. The molecule has 116 valence electrons. The minimum atomic E-state index is -0.529. The molecule has 0 aromatic heterocycles. The van der Waals surface area contributed by atoms with Crippen molar-refractivity contribution in [2.45, 2.75) is 32.7 Å². The van der Waals surface area contributed by atoms with Crippen LogP contribution in [0.3, 0.4) is 0 Å². The van der Waals surface area contributed by atoms with Gasteiger partial charge in [-0.3, -0.25) is 4.79 Å². The lowest BCUT2D eigenvalue weighted by atomic mass is 10.0. The van der Waals surface area contributed by atoms with E-state index in [0.717, 1.165) is 25.9 Å². The zero-order valence-corrected chi connectivity index (χ0v) is 12.8. The highest BCUT2D eigenvalue weighted by Gasteiger charge is 2.27. The number of halogens is 1. The molecule has 2 rings (SSSR count). The van der Waals surface area contributed by atoms with Crippen LogP contribution in [0.5, 0.6) is 0 Å². The molecule has 1 saturated heterocycles. The Morgan fingerprint density at radius 3 is 2.52 bits per heavy atom. The van der Waals surface area contributed by atoms with Gasteiger partial charge in [0.1, 0.15) is 5.82 Å². The number of anilines is 1. The third-order valence-corrected chi connectivity index (χ3v) is 4.36. The minimum Gasteiger partial charge on any atom is -0.396 e. The molecule has 2 N–H and O–H groups in total. The fourth-order valence-electron chi connectivity index (χ4n) is 3.07. The van der Waals surface area contributed by atoms with Crippen molar-refractivity contribution in [1.82, 2.24) is 9.80 Å². The van der Waals surface area contributed by atoms with Gasteiger partial charge < -0.3 is 15.5 Å². The fraction of sp³-hybridized carbons (Fsp3) is 0.562. The van der Waals surface area contributed by atoms with Crippen LogP contribution in [0, 0.1) is 5.82 Å². The van der Waals surface area contributed by atoms with Crippen LogP contribution in [-0.4, -0.2) is 47.9 Å². The zero-order valence-electron chi connectivity index (χ0n) is 12.8. The summed E-state index contributed by atoms with van der Waals surface area (Å²) in [6, 6.07) is 4.94. The first-order chi connectivity index (χ1) is 10.1. The Hall–Kier alpha value is -1.62. The number of nitrogen functional groups attached to an aromatic ring is 1. The monoisotopic (exact) mass is 293 g/mol. The van der Waals surface area contributed by atoms with Gasteiger partial charge >= 0.3 is 0 Å². The Labute approximate surface area is 125 Å². The van der Waals surface area contributed by atoms with E-state index in [9.17, 15) is 9.18 Å². The summed E-state index contributed by atoms with van der Waals surface area (Å²) < 4.78 is 13.5. The quantitative estimate of drug-likeness (QED) is 0.867. The van der Waals surface area contributed by atoms with E-state index in [1.54, 1.807) is 11.0 Å². The molecule has 0 unspecified atom stereocenters. The molecule has 1 amide bonds. The van der Waals surface area contributed by atoms with Crippen LogP contribution in [0.1, 0.15) is 37.0 Å². The number of carbonyl (C=O) groups excluding carboxylic acids is 1. The summed E-state index contributed by atoms with van der Waals surface area (Å²) in [6.07, 6.45) is 1.92. The van der Waals surface area contributed by atoms with Gasteiger partial charge in [0.25, 0.3) is 5.91 Å². The molecule has 4 nitrogen and oxygen atoms in total. The highest BCUT2D eigenvalue weighted by molar-refractivity contribution is 5.99. The first-order valence-corrected chi connectivity index (χ1v) is 7.65. The van der Waals surface area contributed by atoms with Gasteiger partial charge in [0.15, 0.2) is 0 Å². The van der Waals surface area contributed by atoms with E-state index in [1.807, 2.05) is 0 Å². The summed E-state index contributed by atoms with van der Waals surface area (Å²) in [4.78, 5) is 16.7. The average molecular weight is 293 g/mol. The number of amides is 1. The van der Waals surface area contributed by atoms with Crippen LogP contribution >= 0.6 is 0 Å². The lowest BCUT2D eigenvalue weighted by Crippen LogP contribution is -2.46. The van der Waals surface area contributed by atoms with Gasteiger partial charge in [-0.05, 0) is 38.1 Å². The van der Waals surface area contributed by atoms with Crippen LogP contribution in [0.2, 0.25) is 0 Å². The summed E-state index contributed by atoms with van der Waals surface area (Å²) in [7, 11) is 0. The van der Waals surface area contributed by atoms with Crippen LogP contribution in [-0.2, 0) is 0 Å². The number of hydrogen-bond acceptors (Lipinski definition) is 3. The molecular weight excluding hydrogens is 269 g/mol. The van der Waals surface area contributed by atoms with Gasteiger partial charge in [0.2, 0.25) is 0 Å². The van der Waals surface area contributed by atoms with Crippen LogP contribution in [0.4, 0.5) is 10.1 Å². The van der Waals surface area contributed by atoms with Crippen LogP contribution in [0.15, 0.2) is 18.2 Å². The first kappa shape index (κ1) is 15.8. The van der Waals surface area contributed by atoms with E-state index in [1.165, 1.54) is 12.1 Å². The lowest BCUT2D eigenvalue weighted by molar-refractivity contribution is 0.0632. The molecule has 21 heavy (non-hydrogen) atoms. The maximum atomic E-state index is 13.5. The highest BCUT2D eigenvalue weighted by Crippen LogP contribution is 2.22. The molecule has 5 heteroatoms. The topological polar surface area (TPSA) is 49.6 Å². The second kappa shape index (κ2) is 6.89. The Morgan fingerprint density at radius 2 is 1.95 bits per heavy atom. The molecule has 1 aliphatic heterocycles. The Bertz CT molecular complexity index is 494. The van der Waals surface area contributed by atoms with E-state index in [-0.39, 0.29) is 17.2 Å². The number of para-hydroxylation sites is 1. The number of carbonyl (C=O) groups is 1. The molecule has 0 saturated carbocycles. The van der Waals surface area contributed by atoms with Crippen molar-refractivity contribution in [2.75, 3.05) is 31.9 Å². The van der Waals surface area contributed by atoms with Gasteiger partial charge in [-0.1, -0.05) is 19.9 Å². The number of rotatable bonds is 4. The lowest BCUT2D eigenvalue weighted by Gasteiger charge is -2.37. The largest absolute Gasteiger partial charge is 0.396 e. The molecule has 0 radical (unpaired) electrons. The van der Waals surface area contributed by atoms with Crippen molar-refractivity contribution >= 4 is 11.6 Å². The van der Waals surface area contributed by atoms with Gasteiger partial charge in [0.05, 0.1) is 11.3 Å². The highest BCUT2D eigenvalue weighted by atomic mass is 19.1. The molecule has 0 spiro atoms. The smallest absolute Gasteiger partial charge is 0.256 e. The van der Waals surface area contributed by atoms with Gasteiger partial charge in [-0.2, -0.15) is 0 Å². The number of nitrogens with zero attached hydrogens (tertiary/aromatic N) is 2. The minimum absolute atomic E-state index is 0.0478. The number of nitrogens with two attached hydrogens (primary N) is 1. The average Bonchev–Trinajstić information content (AvgIpc) is 2.51. The van der Waals surface area contributed by atoms with Crippen LogP contribution < -0.4 is 5.73 Å². The first-order valence-electron chi connectivity index (χ1n) is 7.65. The summed E-state index contributed by atoms with van der Waals surface area (Å²) >= 11 is 0. The predicted octanol–water partition coefficient (Wildman–Crippen LogP) is 2.35.